The summed E-state index contributed by atoms with van der Waals surface area (Å²) in [5.74, 6) is 0.645. The molecular weight excluding hydrogens is 350 g/mol. The molecule has 0 saturated heterocycles. The van der Waals surface area contributed by atoms with E-state index in [0.29, 0.717) is 10.8 Å². The van der Waals surface area contributed by atoms with E-state index in [2.05, 4.69) is 10.1 Å². The molecule has 0 bridgehead atoms. The van der Waals surface area contributed by atoms with Gasteiger partial charge in [0.05, 0.1) is 0 Å². The van der Waals surface area contributed by atoms with Crippen LogP contribution in [0.2, 0.25) is 5.02 Å². The molecule has 26 heavy (non-hydrogen) atoms. The number of aliphatic hydroxyl groups is 1. The summed E-state index contributed by atoms with van der Waals surface area (Å²) in [6.07, 6.45) is 1.54. The third-order valence-corrected chi connectivity index (χ3v) is 4.40. The van der Waals surface area contributed by atoms with Crippen molar-refractivity contribution in [3.05, 3.63) is 66.2 Å². The molecule has 2 atom stereocenters. The number of aliphatic hydroxyl groups excluding tert-OH is 1. The Labute approximate surface area is 158 Å². The van der Waals surface area contributed by atoms with Crippen LogP contribution in [0.25, 0.3) is 11.1 Å². The second-order valence-electron chi connectivity index (χ2n) is 7.23. The lowest BCUT2D eigenvalue weighted by Gasteiger charge is -2.32. The average Bonchev–Trinajstić information content (AvgIpc) is 3.14. The van der Waals surface area contributed by atoms with Crippen LogP contribution in [0.1, 0.15) is 27.0 Å². The van der Waals surface area contributed by atoms with Gasteiger partial charge in [0.25, 0.3) is 0 Å². The summed E-state index contributed by atoms with van der Waals surface area (Å²) < 4.78 is 7.58. The van der Waals surface area contributed by atoms with E-state index in [-0.39, 0.29) is 5.41 Å². The smallest absolute Gasteiger partial charge is 0.219 e. The van der Waals surface area contributed by atoms with Crippen LogP contribution >= 0.6 is 11.6 Å². The van der Waals surface area contributed by atoms with Gasteiger partial charge in [-0.1, -0.05) is 56.6 Å². The fraction of sp³-hybridized carbons (Fsp3) is 0.300. The second kappa shape index (κ2) is 7.48. The molecular formula is C20H22ClN3O2. The van der Waals surface area contributed by atoms with Crippen molar-refractivity contribution in [1.82, 2.24) is 14.8 Å². The van der Waals surface area contributed by atoms with Gasteiger partial charge in [-0.15, -0.1) is 0 Å². The monoisotopic (exact) mass is 371 g/mol. The first-order chi connectivity index (χ1) is 12.3. The second-order valence-corrected chi connectivity index (χ2v) is 7.66. The molecule has 0 aliphatic carbocycles. The molecule has 0 spiro atoms. The Morgan fingerprint density at radius 1 is 1.00 bits per heavy atom. The molecule has 2 unspecified atom stereocenters. The van der Waals surface area contributed by atoms with Crippen molar-refractivity contribution in [3.63, 3.8) is 0 Å². The normalized spacial score (nSPS) is 14.0. The Morgan fingerprint density at radius 3 is 2.08 bits per heavy atom. The summed E-state index contributed by atoms with van der Waals surface area (Å²) in [6.45, 7) is 5.86. The van der Waals surface area contributed by atoms with E-state index in [9.17, 15) is 5.11 Å². The van der Waals surface area contributed by atoms with Crippen LogP contribution in [0, 0.1) is 5.41 Å². The van der Waals surface area contributed by atoms with Gasteiger partial charge in [0.2, 0.25) is 6.23 Å². The third-order valence-electron chi connectivity index (χ3n) is 4.14. The largest absolute Gasteiger partial charge is 0.466 e. The molecule has 0 saturated carbocycles. The van der Waals surface area contributed by atoms with E-state index in [0.717, 1.165) is 11.1 Å². The number of benzene rings is 2. The topological polar surface area (TPSA) is 60.2 Å². The molecule has 136 valence electrons. The Morgan fingerprint density at radius 2 is 1.58 bits per heavy atom. The highest BCUT2D eigenvalue weighted by Crippen LogP contribution is 2.31. The summed E-state index contributed by atoms with van der Waals surface area (Å²) in [7, 11) is 0. The minimum absolute atomic E-state index is 0.375. The predicted octanol–water partition coefficient (Wildman–Crippen LogP) is 4.58. The summed E-state index contributed by atoms with van der Waals surface area (Å²) in [5, 5.41) is 15.5. The van der Waals surface area contributed by atoms with Crippen molar-refractivity contribution >= 4 is 11.6 Å². The van der Waals surface area contributed by atoms with Crippen LogP contribution in [0.5, 0.6) is 5.75 Å². The Bertz CT molecular complexity index is 825. The number of aromatic nitrogens is 3. The Balaban J connectivity index is 1.82. The lowest BCUT2D eigenvalue weighted by atomic mass is 9.88. The highest BCUT2D eigenvalue weighted by atomic mass is 35.5. The zero-order valence-electron chi connectivity index (χ0n) is 15.0. The van der Waals surface area contributed by atoms with Crippen molar-refractivity contribution in [3.8, 4) is 16.9 Å². The molecule has 0 radical (unpaired) electrons. The lowest BCUT2D eigenvalue weighted by Crippen LogP contribution is -2.38. The zero-order chi connectivity index (χ0) is 18.7. The summed E-state index contributed by atoms with van der Waals surface area (Å²) in [4.78, 5) is 3.96. The van der Waals surface area contributed by atoms with E-state index < -0.39 is 12.3 Å². The number of ether oxygens (including phenoxy) is 1. The maximum Gasteiger partial charge on any atom is 0.219 e. The van der Waals surface area contributed by atoms with E-state index >= 15 is 0 Å². The summed E-state index contributed by atoms with van der Waals surface area (Å²) in [6, 6.07) is 15.4. The zero-order valence-corrected chi connectivity index (χ0v) is 15.8. The first kappa shape index (κ1) is 18.4. The Kier molecular flexibility index (Phi) is 5.30. The van der Waals surface area contributed by atoms with Gasteiger partial charge in [-0.25, -0.2) is 9.67 Å². The van der Waals surface area contributed by atoms with Gasteiger partial charge in [-0.05, 0) is 40.8 Å². The first-order valence-electron chi connectivity index (χ1n) is 8.39. The van der Waals surface area contributed by atoms with Gasteiger partial charge >= 0.3 is 0 Å². The average molecular weight is 372 g/mol. The van der Waals surface area contributed by atoms with Gasteiger partial charge in [-0.3, -0.25) is 0 Å². The van der Waals surface area contributed by atoms with Crippen LogP contribution in [0.15, 0.2) is 61.2 Å². The maximum absolute atomic E-state index is 10.7. The van der Waals surface area contributed by atoms with E-state index in [4.69, 9.17) is 16.3 Å². The molecule has 1 aromatic heterocycles. The van der Waals surface area contributed by atoms with Gasteiger partial charge in [-0.2, -0.15) is 5.10 Å². The number of nitrogens with zero attached hydrogens (tertiary/aromatic N) is 3. The summed E-state index contributed by atoms with van der Waals surface area (Å²) in [5.41, 5.74) is 1.76. The SMILES string of the molecule is CC(C)(C)C(O)C(Oc1ccc(-c2ccc(Cl)cc2)cc1)n1cncn1. The minimum atomic E-state index is -0.764. The van der Waals surface area contributed by atoms with Gasteiger partial charge in [0, 0.05) is 5.02 Å². The molecule has 3 rings (SSSR count). The fourth-order valence-electron chi connectivity index (χ4n) is 2.55. The van der Waals surface area contributed by atoms with Crippen LogP contribution in [0.3, 0.4) is 0 Å². The Hall–Kier alpha value is -2.37. The molecule has 6 heteroatoms. The van der Waals surface area contributed by atoms with Crippen molar-refractivity contribution in [2.75, 3.05) is 0 Å². The molecule has 5 nitrogen and oxygen atoms in total. The molecule has 3 aromatic rings. The van der Waals surface area contributed by atoms with Crippen molar-refractivity contribution in [2.24, 2.45) is 5.41 Å². The van der Waals surface area contributed by atoms with Gasteiger partial charge < -0.3 is 9.84 Å². The van der Waals surface area contributed by atoms with Crippen molar-refractivity contribution in [1.29, 1.82) is 0 Å². The number of hydrogen-bond donors (Lipinski definition) is 1. The molecule has 1 heterocycles. The fourth-order valence-corrected chi connectivity index (χ4v) is 2.67. The quantitative estimate of drug-likeness (QED) is 0.713. The number of halogens is 1. The molecule has 0 amide bonds. The van der Waals surface area contributed by atoms with Crippen LogP contribution in [-0.2, 0) is 0 Å². The van der Waals surface area contributed by atoms with Crippen LogP contribution in [-0.4, -0.2) is 26.0 Å². The first-order valence-corrected chi connectivity index (χ1v) is 8.77. The van der Waals surface area contributed by atoms with Crippen molar-refractivity contribution in [2.45, 2.75) is 33.1 Å². The van der Waals surface area contributed by atoms with Crippen molar-refractivity contribution < 1.29 is 9.84 Å². The maximum atomic E-state index is 10.7. The van der Waals surface area contributed by atoms with E-state index in [1.807, 2.05) is 69.3 Å². The molecule has 2 aromatic carbocycles. The van der Waals surface area contributed by atoms with E-state index in [1.165, 1.54) is 11.0 Å². The molecule has 0 fully saturated rings. The minimum Gasteiger partial charge on any atom is -0.466 e. The van der Waals surface area contributed by atoms with E-state index in [1.54, 1.807) is 6.33 Å². The lowest BCUT2D eigenvalue weighted by molar-refractivity contribution is -0.0731. The van der Waals surface area contributed by atoms with Gasteiger partial charge in [0.1, 0.15) is 24.5 Å². The third kappa shape index (κ3) is 4.23. The molecule has 0 aliphatic rings. The highest BCUT2D eigenvalue weighted by Gasteiger charge is 2.34. The molecule has 0 aliphatic heterocycles. The van der Waals surface area contributed by atoms with Crippen LogP contribution < -0.4 is 4.74 Å². The number of hydrogen-bond acceptors (Lipinski definition) is 4. The molecule has 1 N–H and O–H groups in total. The number of rotatable bonds is 5. The van der Waals surface area contributed by atoms with Gasteiger partial charge in [0.15, 0.2) is 0 Å². The summed E-state index contributed by atoms with van der Waals surface area (Å²) >= 11 is 5.94. The highest BCUT2D eigenvalue weighted by molar-refractivity contribution is 6.30. The standard InChI is InChI=1S/C20H22ClN3O2/c1-20(2,3)18(25)19(24-13-22-12-23-24)26-17-10-6-15(7-11-17)14-4-8-16(21)9-5-14/h4-13,18-19,25H,1-3H3. The predicted molar refractivity (Wildman–Crippen MR) is 102 cm³/mol. The van der Waals surface area contributed by atoms with Crippen LogP contribution in [0.4, 0.5) is 0 Å².